The predicted molar refractivity (Wildman–Crippen MR) is 72.0 cm³/mol. The van der Waals surface area contributed by atoms with E-state index in [-0.39, 0.29) is 0 Å². The van der Waals surface area contributed by atoms with Crippen LogP contribution in [0.2, 0.25) is 0 Å². The van der Waals surface area contributed by atoms with Gasteiger partial charge >= 0.3 is 0 Å². The Hall–Kier alpha value is -0.970. The lowest BCUT2D eigenvalue weighted by Gasteiger charge is -2.34. The zero-order chi connectivity index (χ0) is 12.4. The Morgan fingerprint density at radius 3 is 2.67 bits per heavy atom. The van der Waals surface area contributed by atoms with E-state index in [1.807, 2.05) is 6.20 Å². The molecule has 3 rings (SSSR count). The first-order valence-electron chi connectivity index (χ1n) is 6.95. The van der Waals surface area contributed by atoms with Crippen molar-refractivity contribution in [1.82, 2.24) is 14.8 Å². The Balaban J connectivity index is 1.53. The van der Waals surface area contributed by atoms with Crippen molar-refractivity contribution in [2.24, 2.45) is 5.73 Å². The summed E-state index contributed by atoms with van der Waals surface area (Å²) in [5, 5.41) is 0. The van der Waals surface area contributed by atoms with E-state index in [1.54, 1.807) is 0 Å². The molecule has 4 heteroatoms. The Labute approximate surface area is 109 Å². The number of nitrogens with two attached hydrogens (primary N) is 1. The largest absolute Gasteiger partial charge is 0.325 e. The summed E-state index contributed by atoms with van der Waals surface area (Å²) in [4.78, 5) is 9.43. The molecule has 0 spiro atoms. The van der Waals surface area contributed by atoms with Gasteiger partial charge in [-0.15, -0.1) is 0 Å². The van der Waals surface area contributed by atoms with Gasteiger partial charge in [0.1, 0.15) is 0 Å². The van der Waals surface area contributed by atoms with Gasteiger partial charge in [0.15, 0.2) is 0 Å². The summed E-state index contributed by atoms with van der Waals surface area (Å²) in [5.41, 5.74) is 7.96. The number of hydrogen-bond acceptors (Lipinski definition) is 4. The minimum atomic E-state index is 0.531. The highest BCUT2D eigenvalue weighted by Gasteiger charge is 2.30. The third kappa shape index (κ3) is 2.88. The molecule has 0 bridgehead atoms. The van der Waals surface area contributed by atoms with E-state index in [9.17, 15) is 0 Å². The molecule has 98 valence electrons. The van der Waals surface area contributed by atoms with Gasteiger partial charge in [-0.1, -0.05) is 0 Å². The van der Waals surface area contributed by atoms with Crippen LogP contribution < -0.4 is 5.73 Å². The fourth-order valence-corrected chi connectivity index (χ4v) is 2.72. The van der Waals surface area contributed by atoms with Crippen molar-refractivity contribution in [3.05, 3.63) is 29.6 Å². The van der Waals surface area contributed by atoms with Crippen LogP contribution in [0.25, 0.3) is 0 Å². The first-order chi connectivity index (χ1) is 8.85. The molecule has 0 aromatic carbocycles. The molecule has 1 aliphatic carbocycles. The Bertz CT molecular complexity index is 395. The second-order valence-electron chi connectivity index (χ2n) is 5.40. The lowest BCUT2D eigenvalue weighted by molar-refractivity contribution is 0.121. The molecule has 1 saturated heterocycles. The smallest absolute Gasteiger partial charge is 0.0542 e. The van der Waals surface area contributed by atoms with Crippen LogP contribution in [0.5, 0.6) is 0 Å². The highest BCUT2D eigenvalue weighted by molar-refractivity contribution is 5.16. The standard InChI is InChI=1S/C14H22N4/c15-10-13-9-12(3-4-16-13)11-17-5-7-18(8-6-17)14-1-2-14/h3-4,9,14H,1-2,5-8,10-11,15H2. The number of rotatable bonds is 4. The first kappa shape index (κ1) is 12.1. The summed E-state index contributed by atoms with van der Waals surface area (Å²) in [6.07, 6.45) is 4.71. The van der Waals surface area contributed by atoms with Crippen molar-refractivity contribution in [2.75, 3.05) is 26.2 Å². The second kappa shape index (κ2) is 5.34. The van der Waals surface area contributed by atoms with Crippen molar-refractivity contribution in [3.63, 3.8) is 0 Å². The number of nitrogens with zero attached hydrogens (tertiary/aromatic N) is 3. The van der Waals surface area contributed by atoms with Crippen molar-refractivity contribution < 1.29 is 0 Å². The number of piperazine rings is 1. The Kier molecular flexibility index (Phi) is 3.59. The fraction of sp³-hybridized carbons (Fsp3) is 0.643. The van der Waals surface area contributed by atoms with Crippen LogP contribution in [-0.2, 0) is 13.1 Å². The number of hydrogen-bond donors (Lipinski definition) is 1. The lowest BCUT2D eigenvalue weighted by atomic mass is 10.2. The highest BCUT2D eigenvalue weighted by atomic mass is 15.3. The Morgan fingerprint density at radius 1 is 1.22 bits per heavy atom. The van der Waals surface area contributed by atoms with Crippen molar-refractivity contribution >= 4 is 0 Å². The lowest BCUT2D eigenvalue weighted by Crippen LogP contribution is -2.46. The van der Waals surface area contributed by atoms with Crippen LogP contribution in [0.1, 0.15) is 24.1 Å². The molecule has 2 N–H and O–H groups in total. The minimum absolute atomic E-state index is 0.531. The summed E-state index contributed by atoms with van der Waals surface area (Å²) in [6, 6.07) is 5.15. The maximum absolute atomic E-state index is 5.63. The van der Waals surface area contributed by atoms with E-state index >= 15 is 0 Å². The van der Waals surface area contributed by atoms with Gasteiger partial charge in [-0.05, 0) is 30.5 Å². The van der Waals surface area contributed by atoms with Crippen LogP contribution >= 0.6 is 0 Å². The van der Waals surface area contributed by atoms with Crippen LogP contribution in [0.3, 0.4) is 0 Å². The highest BCUT2D eigenvalue weighted by Crippen LogP contribution is 2.27. The van der Waals surface area contributed by atoms with E-state index < -0.39 is 0 Å². The average molecular weight is 246 g/mol. The summed E-state index contributed by atoms with van der Waals surface area (Å²) in [5.74, 6) is 0. The SMILES string of the molecule is NCc1cc(CN2CCN(C3CC3)CC2)ccn1. The molecule has 0 atom stereocenters. The topological polar surface area (TPSA) is 45.4 Å². The van der Waals surface area contributed by atoms with Gasteiger partial charge in [0.25, 0.3) is 0 Å². The first-order valence-corrected chi connectivity index (χ1v) is 6.95. The van der Waals surface area contributed by atoms with Crippen molar-refractivity contribution in [2.45, 2.75) is 32.0 Å². The average Bonchev–Trinajstić information content (AvgIpc) is 3.24. The fourth-order valence-electron chi connectivity index (χ4n) is 2.72. The van der Waals surface area contributed by atoms with Gasteiger partial charge in [-0.3, -0.25) is 14.8 Å². The van der Waals surface area contributed by atoms with E-state index in [4.69, 9.17) is 5.73 Å². The monoisotopic (exact) mass is 246 g/mol. The molecule has 0 radical (unpaired) electrons. The minimum Gasteiger partial charge on any atom is -0.325 e. The number of aromatic nitrogens is 1. The predicted octanol–water partition coefficient (Wildman–Crippen LogP) is 0.820. The zero-order valence-corrected chi connectivity index (χ0v) is 10.9. The van der Waals surface area contributed by atoms with E-state index in [1.165, 1.54) is 44.6 Å². The summed E-state index contributed by atoms with van der Waals surface area (Å²) >= 11 is 0. The molecule has 2 aliphatic rings. The van der Waals surface area contributed by atoms with Crippen molar-refractivity contribution in [3.8, 4) is 0 Å². The maximum Gasteiger partial charge on any atom is 0.0542 e. The molecule has 2 fully saturated rings. The van der Waals surface area contributed by atoms with Crippen LogP contribution in [-0.4, -0.2) is 47.0 Å². The van der Waals surface area contributed by atoms with Gasteiger partial charge in [0.2, 0.25) is 0 Å². The van der Waals surface area contributed by atoms with Gasteiger partial charge in [-0.25, -0.2) is 0 Å². The molecule has 0 unspecified atom stereocenters. The van der Waals surface area contributed by atoms with Crippen LogP contribution in [0.15, 0.2) is 18.3 Å². The maximum atomic E-state index is 5.63. The summed E-state index contributed by atoms with van der Waals surface area (Å²) in [7, 11) is 0. The van der Waals surface area contributed by atoms with Crippen LogP contribution in [0.4, 0.5) is 0 Å². The molecule has 4 nitrogen and oxygen atoms in total. The van der Waals surface area contributed by atoms with E-state index in [2.05, 4.69) is 26.9 Å². The Morgan fingerprint density at radius 2 is 2.00 bits per heavy atom. The molecule has 1 saturated carbocycles. The third-order valence-electron chi connectivity index (χ3n) is 3.97. The normalized spacial score (nSPS) is 22.3. The third-order valence-corrected chi connectivity index (χ3v) is 3.97. The van der Waals surface area contributed by atoms with Crippen LogP contribution in [0, 0.1) is 0 Å². The molecule has 1 aromatic heterocycles. The van der Waals surface area contributed by atoms with E-state index in [0.29, 0.717) is 6.54 Å². The molecule has 1 aliphatic heterocycles. The van der Waals surface area contributed by atoms with Gasteiger partial charge < -0.3 is 5.73 Å². The van der Waals surface area contributed by atoms with Crippen molar-refractivity contribution in [1.29, 1.82) is 0 Å². The summed E-state index contributed by atoms with van der Waals surface area (Å²) < 4.78 is 0. The molecule has 0 amide bonds. The van der Waals surface area contributed by atoms with Gasteiger partial charge in [-0.2, -0.15) is 0 Å². The van der Waals surface area contributed by atoms with Gasteiger partial charge in [0.05, 0.1) is 5.69 Å². The molecule has 18 heavy (non-hydrogen) atoms. The molecule has 1 aromatic rings. The molecular formula is C14H22N4. The van der Waals surface area contributed by atoms with Gasteiger partial charge in [0, 0.05) is 51.5 Å². The van der Waals surface area contributed by atoms with E-state index in [0.717, 1.165) is 18.3 Å². The number of pyridine rings is 1. The second-order valence-corrected chi connectivity index (χ2v) is 5.40. The quantitative estimate of drug-likeness (QED) is 0.854. The molecular weight excluding hydrogens is 224 g/mol. The summed E-state index contributed by atoms with van der Waals surface area (Å²) in [6.45, 7) is 6.42. The molecule has 2 heterocycles. The zero-order valence-electron chi connectivity index (χ0n) is 10.9.